The van der Waals surface area contributed by atoms with Gasteiger partial charge in [-0.15, -0.1) is 0 Å². The summed E-state index contributed by atoms with van der Waals surface area (Å²) in [6.07, 6.45) is 0.370. The number of carbonyl (C=O) groups is 4. The molecular weight excluding hydrogens is 346 g/mol. The Morgan fingerprint density at radius 1 is 1.04 bits per heavy atom. The molecule has 0 saturated heterocycles. The molecule has 11 nitrogen and oxygen atoms in total. The minimum atomic E-state index is -1.36. The molecule has 0 fully saturated rings. The molecule has 0 radical (unpaired) electrons. The summed E-state index contributed by atoms with van der Waals surface area (Å²) in [5.74, 6) is -4.38. The van der Waals surface area contributed by atoms with Gasteiger partial charge >= 0.3 is 11.9 Å². The summed E-state index contributed by atoms with van der Waals surface area (Å²) in [5.41, 5.74) is 10.3. The van der Waals surface area contributed by atoms with Gasteiger partial charge in [-0.3, -0.25) is 19.4 Å². The van der Waals surface area contributed by atoms with E-state index < -0.39 is 48.2 Å². The number of nitrogens with two attached hydrogens (primary N) is 2. The number of hydrogen-bond donors (Lipinski definition) is 6. The lowest BCUT2D eigenvalue weighted by Gasteiger charge is -2.22. The van der Waals surface area contributed by atoms with Crippen LogP contribution in [-0.4, -0.2) is 58.6 Å². The first kappa shape index (κ1) is 23.1. The van der Waals surface area contributed by atoms with E-state index in [0.717, 1.165) is 0 Å². The largest absolute Gasteiger partial charge is 0.481 e. The average Bonchev–Trinajstić information content (AvgIpc) is 2.49. The predicted octanol–water partition coefficient (Wildman–Crippen LogP) is -1.38. The van der Waals surface area contributed by atoms with E-state index in [1.165, 1.54) is 0 Å². The van der Waals surface area contributed by atoms with Gasteiger partial charge in [-0.2, -0.15) is 0 Å². The molecule has 26 heavy (non-hydrogen) atoms. The van der Waals surface area contributed by atoms with Crippen molar-refractivity contribution in [2.45, 2.75) is 51.6 Å². The van der Waals surface area contributed by atoms with Crippen molar-refractivity contribution in [1.29, 1.82) is 0 Å². The average molecular weight is 373 g/mol. The third-order valence-electron chi connectivity index (χ3n) is 3.37. The Hall–Kier alpha value is -2.85. The van der Waals surface area contributed by atoms with Crippen LogP contribution in [0.2, 0.25) is 0 Å². The van der Waals surface area contributed by atoms with Crippen molar-refractivity contribution in [2.75, 3.05) is 6.54 Å². The van der Waals surface area contributed by atoms with Crippen molar-refractivity contribution >= 4 is 29.7 Å². The van der Waals surface area contributed by atoms with Crippen LogP contribution in [0.5, 0.6) is 0 Å². The minimum absolute atomic E-state index is 0.0502. The molecule has 0 heterocycles. The van der Waals surface area contributed by atoms with Gasteiger partial charge in [-0.25, -0.2) is 4.79 Å². The lowest BCUT2D eigenvalue weighted by molar-refractivity contribution is -0.144. The molecule has 0 aromatic heterocycles. The monoisotopic (exact) mass is 373 g/mol. The van der Waals surface area contributed by atoms with Crippen molar-refractivity contribution in [3.63, 3.8) is 0 Å². The summed E-state index contributed by atoms with van der Waals surface area (Å²) in [4.78, 5) is 49.9. The van der Waals surface area contributed by atoms with Crippen LogP contribution in [0, 0.1) is 5.92 Å². The Labute approximate surface area is 151 Å². The summed E-state index contributed by atoms with van der Waals surface area (Å²) < 4.78 is 0. The van der Waals surface area contributed by atoms with Crippen molar-refractivity contribution in [2.24, 2.45) is 22.4 Å². The number of aliphatic imine (C=N–C) groups is 1. The number of nitrogens with zero attached hydrogens (tertiary/aromatic N) is 1. The van der Waals surface area contributed by atoms with Crippen LogP contribution >= 0.6 is 0 Å². The topological polar surface area (TPSA) is 197 Å². The highest BCUT2D eigenvalue weighted by atomic mass is 16.4. The zero-order valence-electron chi connectivity index (χ0n) is 14.9. The van der Waals surface area contributed by atoms with Crippen molar-refractivity contribution < 1.29 is 29.4 Å². The van der Waals surface area contributed by atoms with E-state index in [0.29, 0.717) is 19.4 Å². The third kappa shape index (κ3) is 10.1. The molecular formula is C15H27N5O6. The van der Waals surface area contributed by atoms with Crippen LogP contribution in [0.15, 0.2) is 4.99 Å². The normalized spacial score (nSPS) is 12.7. The number of aliphatic carboxylic acids is 2. The Morgan fingerprint density at radius 2 is 1.65 bits per heavy atom. The van der Waals surface area contributed by atoms with Gasteiger partial charge in [0, 0.05) is 13.0 Å². The Kier molecular flexibility index (Phi) is 10.4. The fourth-order valence-corrected chi connectivity index (χ4v) is 2.02. The molecule has 0 spiro atoms. The smallest absolute Gasteiger partial charge is 0.326 e. The van der Waals surface area contributed by atoms with Gasteiger partial charge in [0.05, 0.1) is 6.42 Å². The molecule has 0 aliphatic carbocycles. The summed E-state index contributed by atoms with van der Waals surface area (Å²) >= 11 is 0. The first-order chi connectivity index (χ1) is 12.0. The fourth-order valence-electron chi connectivity index (χ4n) is 2.02. The number of guanidine groups is 1. The standard InChI is InChI=1S/C15H27N5O6/c1-8(2)12(14(25)26)20-13(24)9(7-11(22)23)19-10(21)5-3-4-6-18-15(16)17/h8-9,12H,3-7H2,1-2H3,(H,19,21)(H,20,24)(H,22,23)(H,25,26)(H4,16,17,18)/t9-,12-/m0/s1. The summed E-state index contributed by atoms with van der Waals surface area (Å²) in [7, 11) is 0. The zero-order valence-corrected chi connectivity index (χ0v) is 14.9. The number of hydrogen-bond acceptors (Lipinski definition) is 5. The van der Waals surface area contributed by atoms with Gasteiger partial charge < -0.3 is 32.3 Å². The second-order valence-electron chi connectivity index (χ2n) is 6.05. The molecule has 148 valence electrons. The molecule has 0 aliphatic heterocycles. The lowest BCUT2D eigenvalue weighted by Crippen LogP contribution is -2.53. The summed E-state index contributed by atoms with van der Waals surface area (Å²) in [6.45, 7) is 3.55. The number of carbonyl (C=O) groups excluding carboxylic acids is 2. The van der Waals surface area contributed by atoms with Crippen LogP contribution in [0.1, 0.15) is 39.5 Å². The van der Waals surface area contributed by atoms with E-state index in [1.54, 1.807) is 13.8 Å². The highest BCUT2D eigenvalue weighted by Crippen LogP contribution is 2.04. The summed E-state index contributed by atoms with van der Waals surface area (Å²) in [6, 6.07) is -2.55. The van der Waals surface area contributed by atoms with E-state index in [2.05, 4.69) is 15.6 Å². The van der Waals surface area contributed by atoms with Crippen LogP contribution in [0.4, 0.5) is 0 Å². The van der Waals surface area contributed by atoms with Crippen LogP contribution < -0.4 is 22.1 Å². The highest BCUT2D eigenvalue weighted by Gasteiger charge is 2.29. The van der Waals surface area contributed by atoms with Gasteiger partial charge in [0.1, 0.15) is 12.1 Å². The second kappa shape index (κ2) is 11.7. The molecule has 0 bridgehead atoms. The lowest BCUT2D eigenvalue weighted by atomic mass is 10.0. The molecule has 0 unspecified atom stereocenters. The van der Waals surface area contributed by atoms with Crippen LogP contribution in [-0.2, 0) is 19.2 Å². The summed E-state index contributed by atoms with van der Waals surface area (Å²) in [5, 5.41) is 22.6. The molecule has 8 N–H and O–H groups in total. The van der Waals surface area contributed by atoms with E-state index >= 15 is 0 Å². The number of carboxylic acid groups (broad SMARTS) is 2. The molecule has 0 rings (SSSR count). The maximum Gasteiger partial charge on any atom is 0.326 e. The maximum absolute atomic E-state index is 12.2. The Bertz CT molecular complexity index is 545. The Morgan fingerprint density at radius 3 is 2.12 bits per heavy atom. The third-order valence-corrected chi connectivity index (χ3v) is 3.37. The van der Waals surface area contributed by atoms with Crippen LogP contribution in [0.25, 0.3) is 0 Å². The molecule has 2 amide bonds. The van der Waals surface area contributed by atoms with Gasteiger partial charge in [0.2, 0.25) is 11.8 Å². The van der Waals surface area contributed by atoms with Gasteiger partial charge in [-0.1, -0.05) is 13.8 Å². The van der Waals surface area contributed by atoms with E-state index in [4.69, 9.17) is 21.7 Å². The molecule has 2 atom stereocenters. The molecule has 11 heteroatoms. The number of nitrogens with one attached hydrogen (secondary N) is 2. The zero-order chi connectivity index (χ0) is 20.3. The Balaban J connectivity index is 4.70. The van der Waals surface area contributed by atoms with Gasteiger partial charge in [0.25, 0.3) is 0 Å². The van der Waals surface area contributed by atoms with Crippen molar-refractivity contribution in [3.8, 4) is 0 Å². The second-order valence-corrected chi connectivity index (χ2v) is 6.05. The quantitative estimate of drug-likeness (QED) is 0.136. The first-order valence-corrected chi connectivity index (χ1v) is 8.14. The fraction of sp³-hybridized carbons (Fsp3) is 0.667. The first-order valence-electron chi connectivity index (χ1n) is 8.14. The molecule has 0 saturated carbocycles. The predicted molar refractivity (Wildman–Crippen MR) is 93.1 cm³/mol. The van der Waals surface area contributed by atoms with Gasteiger partial charge in [-0.05, 0) is 18.8 Å². The number of amides is 2. The molecule has 0 aromatic rings. The molecule has 0 aliphatic rings. The van der Waals surface area contributed by atoms with Gasteiger partial charge in [0.15, 0.2) is 5.96 Å². The SMILES string of the molecule is CC(C)[C@H](NC(=O)[C@H](CC(=O)O)NC(=O)CCCCN=C(N)N)C(=O)O. The van der Waals surface area contributed by atoms with E-state index in [-0.39, 0.29) is 12.4 Å². The number of unbranched alkanes of at least 4 members (excludes halogenated alkanes) is 1. The minimum Gasteiger partial charge on any atom is -0.481 e. The number of rotatable bonds is 12. The number of carboxylic acids is 2. The van der Waals surface area contributed by atoms with E-state index in [1.807, 2.05) is 0 Å². The van der Waals surface area contributed by atoms with E-state index in [9.17, 15) is 19.2 Å². The van der Waals surface area contributed by atoms with Crippen LogP contribution in [0.3, 0.4) is 0 Å². The maximum atomic E-state index is 12.2. The highest BCUT2D eigenvalue weighted by molar-refractivity contribution is 5.92. The molecule has 0 aromatic carbocycles. The van der Waals surface area contributed by atoms with Crippen molar-refractivity contribution in [3.05, 3.63) is 0 Å². The van der Waals surface area contributed by atoms with Crippen molar-refractivity contribution in [1.82, 2.24) is 10.6 Å².